The van der Waals surface area contributed by atoms with E-state index in [4.69, 9.17) is 9.84 Å². The van der Waals surface area contributed by atoms with Crippen LogP contribution in [0.3, 0.4) is 0 Å². The van der Waals surface area contributed by atoms with Gasteiger partial charge in [-0.1, -0.05) is 12.1 Å². The summed E-state index contributed by atoms with van der Waals surface area (Å²) in [4.78, 5) is 24.9. The minimum Gasteiger partial charge on any atom is -0.478 e. The molecular weight excluding hydrogens is 258 g/mol. The fourth-order valence-electron chi connectivity index (χ4n) is 2.29. The molecular formula is C15H19NO4. The van der Waals surface area contributed by atoms with Crippen molar-refractivity contribution >= 4 is 11.9 Å². The van der Waals surface area contributed by atoms with Crippen LogP contribution in [0.5, 0.6) is 0 Å². The molecule has 0 saturated carbocycles. The van der Waals surface area contributed by atoms with E-state index in [0.717, 1.165) is 5.56 Å². The second-order valence-corrected chi connectivity index (χ2v) is 5.22. The van der Waals surface area contributed by atoms with E-state index in [1.54, 1.807) is 12.1 Å². The maximum Gasteiger partial charge on any atom is 0.335 e. The summed E-state index contributed by atoms with van der Waals surface area (Å²) in [6.45, 7) is 5.09. The highest BCUT2D eigenvalue weighted by molar-refractivity contribution is 5.87. The van der Waals surface area contributed by atoms with Crippen LogP contribution in [0, 0.1) is 0 Å². The second-order valence-electron chi connectivity index (χ2n) is 5.22. The van der Waals surface area contributed by atoms with E-state index in [1.807, 2.05) is 18.7 Å². The number of nitrogens with zero attached hydrogens (tertiary/aromatic N) is 1. The van der Waals surface area contributed by atoms with E-state index in [2.05, 4.69) is 0 Å². The van der Waals surface area contributed by atoms with Crippen LogP contribution in [-0.2, 0) is 16.0 Å². The Hall–Kier alpha value is -1.88. The highest BCUT2D eigenvalue weighted by Crippen LogP contribution is 2.14. The van der Waals surface area contributed by atoms with Gasteiger partial charge in [0.05, 0.1) is 30.7 Å². The topological polar surface area (TPSA) is 66.8 Å². The Morgan fingerprint density at radius 1 is 1.30 bits per heavy atom. The van der Waals surface area contributed by atoms with Gasteiger partial charge in [-0.2, -0.15) is 0 Å². The first-order chi connectivity index (χ1) is 9.47. The number of rotatable bonds is 3. The number of morpholine rings is 1. The van der Waals surface area contributed by atoms with Crippen LogP contribution in [0.4, 0.5) is 0 Å². The van der Waals surface area contributed by atoms with Gasteiger partial charge in [-0.05, 0) is 31.5 Å². The van der Waals surface area contributed by atoms with Gasteiger partial charge in [0, 0.05) is 6.54 Å². The van der Waals surface area contributed by atoms with Crippen molar-refractivity contribution in [2.45, 2.75) is 32.4 Å². The zero-order valence-corrected chi connectivity index (χ0v) is 11.7. The number of hydrogen-bond donors (Lipinski definition) is 1. The molecule has 1 fully saturated rings. The lowest BCUT2D eigenvalue weighted by Crippen LogP contribution is -2.50. The number of aromatic carboxylic acids is 1. The maximum absolute atomic E-state index is 12.3. The summed E-state index contributed by atoms with van der Waals surface area (Å²) in [7, 11) is 0. The molecule has 1 aromatic carbocycles. The number of amides is 1. The summed E-state index contributed by atoms with van der Waals surface area (Å²) in [6.07, 6.45) is 0.348. The van der Waals surface area contributed by atoms with Gasteiger partial charge in [-0.3, -0.25) is 4.79 Å². The molecule has 0 bridgehead atoms. The Kier molecular flexibility index (Phi) is 4.39. The molecule has 1 amide bonds. The fraction of sp³-hybridized carbons (Fsp3) is 0.467. The molecule has 2 rings (SSSR count). The zero-order valence-electron chi connectivity index (χ0n) is 11.7. The van der Waals surface area contributed by atoms with Crippen LogP contribution >= 0.6 is 0 Å². The van der Waals surface area contributed by atoms with Gasteiger partial charge in [0.1, 0.15) is 0 Å². The first kappa shape index (κ1) is 14.5. The predicted octanol–water partition coefficient (Wildman–Crippen LogP) is 1.56. The molecule has 1 aliphatic rings. The smallest absolute Gasteiger partial charge is 0.335 e. The van der Waals surface area contributed by atoms with E-state index in [-0.39, 0.29) is 30.0 Å². The lowest BCUT2D eigenvalue weighted by Gasteiger charge is -2.36. The molecule has 108 valence electrons. The highest BCUT2D eigenvalue weighted by Gasteiger charge is 2.27. The average Bonchev–Trinajstić information content (AvgIpc) is 2.42. The van der Waals surface area contributed by atoms with E-state index in [0.29, 0.717) is 13.2 Å². The minimum atomic E-state index is -0.960. The lowest BCUT2D eigenvalue weighted by atomic mass is 10.1. The standard InChI is InChI=1S/C15H19NO4/c1-10-9-20-11(2)8-16(10)14(17)7-12-3-5-13(6-4-12)15(18)19/h3-6,10-11H,7-9H2,1-2H3,(H,18,19)/t10-,11-/m0/s1. The summed E-state index contributed by atoms with van der Waals surface area (Å²) in [5, 5.41) is 8.84. The summed E-state index contributed by atoms with van der Waals surface area (Å²) < 4.78 is 5.50. The summed E-state index contributed by atoms with van der Waals surface area (Å²) in [6, 6.07) is 6.51. The average molecular weight is 277 g/mol. The van der Waals surface area contributed by atoms with Crippen molar-refractivity contribution in [3.63, 3.8) is 0 Å². The molecule has 20 heavy (non-hydrogen) atoms. The Balaban J connectivity index is 2.01. The fourth-order valence-corrected chi connectivity index (χ4v) is 2.29. The quantitative estimate of drug-likeness (QED) is 0.910. The Morgan fingerprint density at radius 3 is 2.55 bits per heavy atom. The van der Waals surface area contributed by atoms with E-state index >= 15 is 0 Å². The van der Waals surface area contributed by atoms with Crippen molar-refractivity contribution in [2.75, 3.05) is 13.2 Å². The third-order valence-corrected chi connectivity index (χ3v) is 3.48. The van der Waals surface area contributed by atoms with Gasteiger partial charge in [-0.25, -0.2) is 4.79 Å². The zero-order chi connectivity index (χ0) is 14.7. The molecule has 1 N–H and O–H groups in total. The third-order valence-electron chi connectivity index (χ3n) is 3.48. The number of carbonyl (C=O) groups excluding carboxylic acids is 1. The number of ether oxygens (including phenoxy) is 1. The number of carbonyl (C=O) groups is 2. The number of hydrogen-bond acceptors (Lipinski definition) is 3. The van der Waals surface area contributed by atoms with Gasteiger partial charge in [0.25, 0.3) is 0 Å². The maximum atomic E-state index is 12.3. The Morgan fingerprint density at radius 2 is 1.95 bits per heavy atom. The minimum absolute atomic E-state index is 0.0516. The summed E-state index contributed by atoms with van der Waals surface area (Å²) in [5.74, 6) is -0.908. The molecule has 5 nitrogen and oxygen atoms in total. The molecule has 5 heteroatoms. The Bertz CT molecular complexity index is 497. The monoisotopic (exact) mass is 277 g/mol. The van der Waals surface area contributed by atoms with Gasteiger partial charge >= 0.3 is 5.97 Å². The van der Waals surface area contributed by atoms with Crippen molar-refractivity contribution < 1.29 is 19.4 Å². The number of carboxylic acid groups (broad SMARTS) is 1. The van der Waals surface area contributed by atoms with Crippen LogP contribution in [-0.4, -0.2) is 47.2 Å². The normalized spacial score (nSPS) is 22.6. The van der Waals surface area contributed by atoms with Crippen LogP contribution < -0.4 is 0 Å². The van der Waals surface area contributed by atoms with Crippen LogP contribution in [0.1, 0.15) is 29.8 Å². The SMILES string of the molecule is C[C@H]1CN(C(=O)Cc2ccc(C(=O)O)cc2)[C@@H](C)CO1. The Labute approximate surface area is 118 Å². The van der Waals surface area contributed by atoms with Crippen LogP contribution in [0.15, 0.2) is 24.3 Å². The van der Waals surface area contributed by atoms with Gasteiger partial charge < -0.3 is 14.7 Å². The molecule has 0 unspecified atom stereocenters. The largest absolute Gasteiger partial charge is 0.478 e. The van der Waals surface area contributed by atoms with Gasteiger partial charge in [0.15, 0.2) is 0 Å². The van der Waals surface area contributed by atoms with Crippen molar-refractivity contribution in [1.29, 1.82) is 0 Å². The molecule has 0 spiro atoms. The van der Waals surface area contributed by atoms with Crippen molar-refractivity contribution in [3.8, 4) is 0 Å². The van der Waals surface area contributed by atoms with Crippen LogP contribution in [0.25, 0.3) is 0 Å². The predicted molar refractivity (Wildman–Crippen MR) is 73.7 cm³/mol. The molecule has 0 aliphatic carbocycles. The first-order valence-corrected chi connectivity index (χ1v) is 6.70. The van der Waals surface area contributed by atoms with Crippen LogP contribution in [0.2, 0.25) is 0 Å². The van der Waals surface area contributed by atoms with Crippen molar-refractivity contribution in [2.24, 2.45) is 0 Å². The molecule has 2 atom stereocenters. The third kappa shape index (κ3) is 3.36. The molecule has 1 aromatic rings. The van der Waals surface area contributed by atoms with Gasteiger partial charge in [0.2, 0.25) is 5.91 Å². The van der Waals surface area contributed by atoms with Crippen molar-refractivity contribution in [1.82, 2.24) is 4.90 Å². The summed E-state index contributed by atoms with van der Waals surface area (Å²) >= 11 is 0. The molecule has 1 saturated heterocycles. The lowest BCUT2D eigenvalue weighted by molar-refractivity contribution is -0.142. The second kappa shape index (κ2) is 6.05. The highest BCUT2D eigenvalue weighted by atomic mass is 16.5. The summed E-state index contributed by atoms with van der Waals surface area (Å²) in [5.41, 5.74) is 1.06. The number of carboxylic acids is 1. The van der Waals surface area contributed by atoms with E-state index < -0.39 is 5.97 Å². The van der Waals surface area contributed by atoms with E-state index in [1.165, 1.54) is 12.1 Å². The van der Waals surface area contributed by atoms with E-state index in [9.17, 15) is 9.59 Å². The van der Waals surface area contributed by atoms with Crippen molar-refractivity contribution in [3.05, 3.63) is 35.4 Å². The molecule has 1 aliphatic heterocycles. The first-order valence-electron chi connectivity index (χ1n) is 6.70. The number of benzene rings is 1. The molecule has 0 aromatic heterocycles. The molecule has 0 radical (unpaired) electrons. The van der Waals surface area contributed by atoms with Gasteiger partial charge in [-0.15, -0.1) is 0 Å². The molecule has 1 heterocycles.